The van der Waals surface area contributed by atoms with Gasteiger partial charge in [-0.15, -0.1) is 0 Å². The Kier molecular flexibility index (Phi) is 4.80. The van der Waals surface area contributed by atoms with Crippen LogP contribution in [0, 0.1) is 0 Å². The molecule has 0 aliphatic heterocycles. The summed E-state index contributed by atoms with van der Waals surface area (Å²) >= 11 is 0. The molecule has 142 valence electrons. The Labute approximate surface area is 161 Å². The van der Waals surface area contributed by atoms with E-state index in [1.54, 1.807) is 36.2 Å². The van der Waals surface area contributed by atoms with Crippen molar-refractivity contribution in [1.82, 2.24) is 14.0 Å². The number of aryl methyl sites for hydroxylation is 1. The van der Waals surface area contributed by atoms with E-state index in [1.165, 1.54) is 0 Å². The van der Waals surface area contributed by atoms with Gasteiger partial charge in [-0.05, 0) is 36.8 Å². The van der Waals surface area contributed by atoms with Crippen LogP contribution in [0.3, 0.4) is 0 Å². The first-order valence-electron chi connectivity index (χ1n) is 9.05. The van der Waals surface area contributed by atoms with E-state index in [0.29, 0.717) is 36.3 Å². The standard InChI is InChI=1S/C21H20N4O3/c1-28-16-6-2-5-15(13-16)23-20(26)8-4-12-25-17-9-10-22-14-19(17)24-11-3-7-18(24)21(25)27/h2-3,5-7,9-11,13-14H,4,8,12H2,1H3,(H,23,26). The Morgan fingerprint density at radius 1 is 1.14 bits per heavy atom. The third kappa shape index (κ3) is 3.34. The predicted octanol–water partition coefficient (Wildman–Crippen LogP) is 3.08. The summed E-state index contributed by atoms with van der Waals surface area (Å²) in [6.45, 7) is 0.451. The number of methoxy groups -OCH3 is 1. The summed E-state index contributed by atoms with van der Waals surface area (Å²) < 4.78 is 8.72. The van der Waals surface area contributed by atoms with Gasteiger partial charge in [-0.1, -0.05) is 6.07 Å². The lowest BCUT2D eigenvalue weighted by Gasteiger charge is -2.12. The molecule has 3 heterocycles. The van der Waals surface area contributed by atoms with Gasteiger partial charge >= 0.3 is 0 Å². The number of carbonyl (C=O) groups is 1. The second-order valence-corrected chi connectivity index (χ2v) is 6.47. The SMILES string of the molecule is COc1cccc(NC(=O)CCCn2c(=O)c3cccn3c3cnccc32)c1. The average Bonchev–Trinajstić information content (AvgIpc) is 3.21. The third-order valence-electron chi connectivity index (χ3n) is 4.68. The highest BCUT2D eigenvalue weighted by molar-refractivity contribution is 5.90. The van der Waals surface area contributed by atoms with E-state index in [9.17, 15) is 9.59 Å². The number of hydrogen-bond donors (Lipinski definition) is 1. The van der Waals surface area contributed by atoms with Gasteiger partial charge in [0.25, 0.3) is 5.56 Å². The molecular formula is C21H20N4O3. The first kappa shape index (κ1) is 17.8. The fourth-order valence-electron chi connectivity index (χ4n) is 3.35. The minimum atomic E-state index is -0.101. The Hall–Kier alpha value is -3.61. The second kappa shape index (κ2) is 7.56. The maximum Gasteiger partial charge on any atom is 0.275 e. The van der Waals surface area contributed by atoms with Crippen molar-refractivity contribution in [3.63, 3.8) is 0 Å². The third-order valence-corrected chi connectivity index (χ3v) is 4.68. The largest absolute Gasteiger partial charge is 0.497 e. The highest BCUT2D eigenvalue weighted by Gasteiger charge is 2.11. The first-order chi connectivity index (χ1) is 13.7. The number of ether oxygens (including phenoxy) is 1. The Balaban J connectivity index is 1.50. The summed E-state index contributed by atoms with van der Waals surface area (Å²) in [7, 11) is 1.58. The highest BCUT2D eigenvalue weighted by Crippen LogP contribution is 2.17. The molecule has 0 saturated carbocycles. The number of aromatic nitrogens is 3. The molecule has 1 N–H and O–H groups in total. The van der Waals surface area contributed by atoms with Gasteiger partial charge in [-0.2, -0.15) is 0 Å². The zero-order valence-electron chi connectivity index (χ0n) is 15.5. The van der Waals surface area contributed by atoms with E-state index in [1.807, 2.05) is 40.9 Å². The van der Waals surface area contributed by atoms with Gasteiger partial charge in [-0.3, -0.25) is 14.6 Å². The zero-order chi connectivity index (χ0) is 19.5. The van der Waals surface area contributed by atoms with Gasteiger partial charge in [0, 0.05) is 37.1 Å². The molecule has 0 aliphatic carbocycles. The van der Waals surface area contributed by atoms with E-state index in [0.717, 1.165) is 11.0 Å². The molecule has 0 unspecified atom stereocenters. The first-order valence-corrected chi connectivity index (χ1v) is 9.05. The number of amides is 1. The molecule has 1 aromatic carbocycles. The highest BCUT2D eigenvalue weighted by atomic mass is 16.5. The number of pyridine rings is 1. The Morgan fingerprint density at radius 2 is 2.04 bits per heavy atom. The van der Waals surface area contributed by atoms with Crippen molar-refractivity contribution in [2.24, 2.45) is 0 Å². The van der Waals surface area contributed by atoms with Gasteiger partial charge in [0.15, 0.2) is 0 Å². The van der Waals surface area contributed by atoms with Crippen LogP contribution in [0.15, 0.2) is 65.8 Å². The second-order valence-electron chi connectivity index (χ2n) is 6.47. The summed E-state index contributed by atoms with van der Waals surface area (Å²) in [5.41, 5.74) is 2.88. The lowest BCUT2D eigenvalue weighted by molar-refractivity contribution is -0.116. The molecule has 0 fully saturated rings. The topological polar surface area (TPSA) is 77.6 Å². The molecule has 3 aromatic heterocycles. The van der Waals surface area contributed by atoms with Gasteiger partial charge < -0.3 is 19.0 Å². The van der Waals surface area contributed by atoms with Gasteiger partial charge in [0.1, 0.15) is 11.3 Å². The number of fused-ring (bicyclic) bond motifs is 3. The summed E-state index contributed by atoms with van der Waals surface area (Å²) in [5.74, 6) is 0.584. The van der Waals surface area contributed by atoms with Crippen LogP contribution in [-0.4, -0.2) is 27.0 Å². The molecule has 7 nitrogen and oxygen atoms in total. The quantitative estimate of drug-likeness (QED) is 0.561. The van der Waals surface area contributed by atoms with Gasteiger partial charge in [0.2, 0.25) is 5.91 Å². The molecule has 0 aliphatic rings. The molecule has 1 amide bonds. The monoisotopic (exact) mass is 376 g/mol. The number of nitrogens with zero attached hydrogens (tertiary/aromatic N) is 3. The molecule has 4 aromatic rings. The molecule has 0 spiro atoms. The van der Waals surface area contributed by atoms with Crippen LogP contribution in [0.1, 0.15) is 12.8 Å². The van der Waals surface area contributed by atoms with Crippen molar-refractivity contribution in [3.05, 3.63) is 71.4 Å². The molecule has 4 rings (SSSR count). The average molecular weight is 376 g/mol. The van der Waals surface area contributed by atoms with Crippen LogP contribution < -0.4 is 15.6 Å². The normalized spacial score (nSPS) is 11.0. The molecule has 0 radical (unpaired) electrons. The number of nitrogens with one attached hydrogen (secondary N) is 1. The van der Waals surface area contributed by atoms with Gasteiger partial charge in [-0.25, -0.2) is 0 Å². The maximum atomic E-state index is 12.8. The van der Waals surface area contributed by atoms with Crippen LogP contribution in [-0.2, 0) is 11.3 Å². The molecule has 0 bridgehead atoms. The molecule has 7 heteroatoms. The molecule has 28 heavy (non-hydrogen) atoms. The van der Waals surface area contributed by atoms with Crippen LogP contribution in [0.25, 0.3) is 16.6 Å². The lowest BCUT2D eigenvalue weighted by atomic mass is 10.2. The van der Waals surface area contributed by atoms with Crippen molar-refractivity contribution in [3.8, 4) is 5.75 Å². The van der Waals surface area contributed by atoms with Crippen molar-refractivity contribution in [2.75, 3.05) is 12.4 Å². The smallest absolute Gasteiger partial charge is 0.275 e. The van der Waals surface area contributed by atoms with Crippen LogP contribution in [0.4, 0.5) is 5.69 Å². The van der Waals surface area contributed by atoms with Crippen molar-refractivity contribution in [1.29, 1.82) is 0 Å². The fourth-order valence-corrected chi connectivity index (χ4v) is 3.35. The summed E-state index contributed by atoms with van der Waals surface area (Å²) in [6.07, 6.45) is 6.12. The van der Waals surface area contributed by atoms with E-state index in [2.05, 4.69) is 10.3 Å². The van der Waals surface area contributed by atoms with Crippen molar-refractivity contribution >= 4 is 28.1 Å². The number of hydrogen-bond acceptors (Lipinski definition) is 4. The van der Waals surface area contributed by atoms with E-state index in [-0.39, 0.29) is 11.5 Å². The van der Waals surface area contributed by atoms with E-state index >= 15 is 0 Å². The minimum Gasteiger partial charge on any atom is -0.497 e. The Bertz CT molecular complexity index is 1210. The molecule has 0 atom stereocenters. The van der Waals surface area contributed by atoms with E-state index < -0.39 is 0 Å². The summed E-state index contributed by atoms with van der Waals surface area (Å²) in [5, 5.41) is 2.86. The number of benzene rings is 1. The minimum absolute atomic E-state index is 0.0723. The maximum absolute atomic E-state index is 12.8. The van der Waals surface area contributed by atoms with Crippen LogP contribution >= 0.6 is 0 Å². The van der Waals surface area contributed by atoms with Gasteiger partial charge in [0.05, 0.1) is 24.3 Å². The molecular weight excluding hydrogens is 356 g/mol. The predicted molar refractivity (Wildman–Crippen MR) is 108 cm³/mol. The summed E-state index contributed by atoms with van der Waals surface area (Å²) in [4.78, 5) is 29.3. The molecule has 0 saturated heterocycles. The summed E-state index contributed by atoms with van der Waals surface area (Å²) in [6, 6.07) is 12.7. The van der Waals surface area contributed by atoms with E-state index in [4.69, 9.17) is 4.74 Å². The number of anilines is 1. The Morgan fingerprint density at radius 3 is 2.89 bits per heavy atom. The van der Waals surface area contributed by atoms with Crippen molar-refractivity contribution in [2.45, 2.75) is 19.4 Å². The fraction of sp³-hybridized carbons (Fsp3) is 0.190. The lowest BCUT2D eigenvalue weighted by Crippen LogP contribution is -2.23. The van der Waals surface area contributed by atoms with Crippen LogP contribution in [0.5, 0.6) is 5.75 Å². The zero-order valence-corrected chi connectivity index (χ0v) is 15.5. The van der Waals surface area contributed by atoms with Crippen LogP contribution in [0.2, 0.25) is 0 Å². The number of carbonyl (C=O) groups excluding carboxylic acids is 1. The van der Waals surface area contributed by atoms with Crippen molar-refractivity contribution < 1.29 is 9.53 Å². The number of rotatable bonds is 6.